The van der Waals surface area contributed by atoms with Crippen LogP contribution in [0.5, 0.6) is 0 Å². The number of hydrogen-bond acceptors (Lipinski definition) is 10. The molecule has 50 heavy (non-hydrogen) atoms. The summed E-state index contributed by atoms with van der Waals surface area (Å²) in [6, 6.07) is 0. The van der Waals surface area contributed by atoms with Crippen molar-refractivity contribution in [2.24, 2.45) is 0 Å². The van der Waals surface area contributed by atoms with E-state index in [9.17, 15) is 38.4 Å². The second-order valence-electron chi connectivity index (χ2n) is 11.2. The Morgan fingerprint density at radius 3 is 1.42 bits per heavy atom. The predicted octanol–water partition coefficient (Wildman–Crippen LogP) is -4.34. The van der Waals surface area contributed by atoms with Crippen LogP contribution in [0.2, 0.25) is 12.6 Å². The van der Waals surface area contributed by atoms with E-state index in [0.717, 1.165) is 0 Å². The van der Waals surface area contributed by atoms with Crippen molar-refractivity contribution in [1.29, 1.82) is 0 Å². The molecule has 0 atom stereocenters. The third-order valence-electron chi connectivity index (χ3n) is 7.12. The lowest BCUT2D eigenvalue weighted by atomic mass is 9.53. The molecule has 0 unspecified atom stereocenters. The lowest BCUT2D eigenvalue weighted by Gasteiger charge is -2.24. The fourth-order valence-electron chi connectivity index (χ4n) is 4.47. The molecule has 0 spiro atoms. The average molecular weight is 700 g/mol. The van der Waals surface area contributed by atoms with Crippen LogP contribution in [0.1, 0.15) is 33.6 Å². The van der Waals surface area contributed by atoms with Crippen molar-refractivity contribution in [3.05, 3.63) is 0 Å². The minimum Gasteiger partial charge on any atom is -0.353 e. The topological polar surface area (TPSA) is 210 Å². The minimum atomic E-state index is -0.436. The van der Waals surface area contributed by atoms with Gasteiger partial charge in [-0.2, -0.15) is 0 Å². The lowest BCUT2D eigenvalue weighted by molar-refractivity contribution is -0.136. The molecule has 0 aliphatic rings. The van der Waals surface area contributed by atoms with Gasteiger partial charge in [0.1, 0.15) is 5.78 Å². The monoisotopic (exact) mass is 700 g/mol. The SMILES string of the molecule is [B][B]CC(=O)N(CCNC(=O)CN(CCNC)C(=O)C[B])CC(=O)NCCNCCN(CC(=O)NCCN(CC(C)=O)C(=O)CC)C(=O)CC. The van der Waals surface area contributed by atoms with Gasteiger partial charge >= 0.3 is 0 Å². The smallest absolute Gasteiger partial charge is 0.239 e. The van der Waals surface area contributed by atoms with Gasteiger partial charge in [0.2, 0.25) is 41.4 Å². The van der Waals surface area contributed by atoms with E-state index < -0.39 is 23.6 Å². The summed E-state index contributed by atoms with van der Waals surface area (Å²) in [4.78, 5) is 103. The van der Waals surface area contributed by atoms with Crippen LogP contribution in [0.15, 0.2) is 0 Å². The van der Waals surface area contributed by atoms with Gasteiger partial charge in [-0.3, -0.25) is 38.4 Å². The number of likely N-dealkylation sites (N-methyl/N-ethyl adjacent to an activating group) is 1. The summed E-state index contributed by atoms with van der Waals surface area (Å²) in [7, 11) is 13.7. The van der Waals surface area contributed by atoms with E-state index in [1.807, 2.05) is 0 Å². The van der Waals surface area contributed by atoms with E-state index >= 15 is 0 Å². The molecule has 0 aliphatic heterocycles. The summed E-state index contributed by atoms with van der Waals surface area (Å²) in [5, 5.41) is 14.0. The average Bonchev–Trinajstić information content (AvgIpc) is 3.08. The van der Waals surface area contributed by atoms with Gasteiger partial charge in [-0.15, -0.1) is 0 Å². The summed E-state index contributed by atoms with van der Waals surface area (Å²) in [5.74, 6) is -2.63. The molecule has 5 radical (unpaired) electrons. The zero-order valence-corrected chi connectivity index (χ0v) is 30.0. The molecule has 17 nitrogen and oxygen atoms in total. The molecule has 0 fully saturated rings. The number of Topliss-reactive ketones (excluding diaryl/α,β-unsaturated/α-hetero) is 1. The molecule has 0 saturated heterocycles. The quantitative estimate of drug-likeness (QED) is 0.0392. The van der Waals surface area contributed by atoms with Crippen molar-refractivity contribution >= 4 is 69.9 Å². The Morgan fingerprint density at radius 1 is 0.560 bits per heavy atom. The Bertz CT molecular complexity index is 1120. The van der Waals surface area contributed by atoms with Crippen LogP contribution in [0.3, 0.4) is 0 Å². The molecular weight excluding hydrogens is 647 g/mol. The zero-order chi connectivity index (χ0) is 37.9. The van der Waals surface area contributed by atoms with Crippen molar-refractivity contribution in [1.82, 2.24) is 46.2 Å². The maximum atomic E-state index is 12.6. The molecule has 0 bridgehead atoms. The Balaban J connectivity index is 4.71. The molecular formula is C30H53B3N9O8. The Hall–Kier alpha value is -3.93. The first kappa shape index (κ1) is 46.1. The van der Waals surface area contributed by atoms with E-state index in [4.69, 9.17) is 15.6 Å². The van der Waals surface area contributed by atoms with E-state index in [0.29, 0.717) is 26.2 Å². The van der Waals surface area contributed by atoms with Crippen LogP contribution in [0.25, 0.3) is 0 Å². The number of nitrogens with one attached hydrogen (secondary N) is 5. The van der Waals surface area contributed by atoms with Crippen LogP contribution in [0.4, 0.5) is 0 Å². The summed E-state index contributed by atoms with van der Waals surface area (Å²) in [6.07, 6.45) is 0.102. The van der Waals surface area contributed by atoms with Gasteiger partial charge in [-0.05, 0) is 26.6 Å². The van der Waals surface area contributed by atoms with Crippen molar-refractivity contribution in [2.75, 3.05) is 98.7 Å². The third kappa shape index (κ3) is 21.2. The van der Waals surface area contributed by atoms with Crippen LogP contribution in [0, 0.1) is 0 Å². The Morgan fingerprint density at radius 2 is 0.980 bits per heavy atom. The van der Waals surface area contributed by atoms with Crippen LogP contribution in [-0.2, 0) is 38.4 Å². The maximum absolute atomic E-state index is 12.6. The molecule has 0 aromatic heterocycles. The molecule has 7 amide bonds. The minimum absolute atomic E-state index is 0.0316. The molecule has 5 N–H and O–H groups in total. The zero-order valence-electron chi connectivity index (χ0n) is 30.0. The third-order valence-corrected chi connectivity index (χ3v) is 7.12. The Kier molecular flexibility index (Phi) is 25.7. The van der Waals surface area contributed by atoms with Crippen molar-refractivity contribution in [3.8, 4) is 0 Å². The number of hydrogen-bond donors (Lipinski definition) is 5. The number of ketones is 1. The molecule has 0 rings (SSSR count). The molecule has 0 saturated carbocycles. The maximum Gasteiger partial charge on any atom is 0.239 e. The first-order valence-corrected chi connectivity index (χ1v) is 16.8. The molecule has 0 aliphatic carbocycles. The van der Waals surface area contributed by atoms with E-state index in [1.165, 1.54) is 33.7 Å². The van der Waals surface area contributed by atoms with Crippen LogP contribution < -0.4 is 26.6 Å². The number of rotatable bonds is 28. The Labute approximate surface area is 299 Å². The first-order chi connectivity index (χ1) is 23.8. The summed E-state index contributed by atoms with van der Waals surface area (Å²) in [5.41, 5.74) is 0. The van der Waals surface area contributed by atoms with Gasteiger partial charge in [0.15, 0.2) is 0 Å². The predicted molar refractivity (Wildman–Crippen MR) is 190 cm³/mol. The number of carbonyl (C=O) groups is 8. The first-order valence-electron chi connectivity index (χ1n) is 16.8. The van der Waals surface area contributed by atoms with Gasteiger partial charge in [-0.1, -0.05) is 13.8 Å². The second kappa shape index (κ2) is 27.8. The highest BCUT2D eigenvalue weighted by Crippen LogP contribution is 1.98. The number of amides is 7. The normalized spacial score (nSPS) is 10.4. The van der Waals surface area contributed by atoms with Crippen molar-refractivity contribution in [2.45, 2.75) is 46.3 Å². The van der Waals surface area contributed by atoms with Crippen molar-refractivity contribution in [3.63, 3.8) is 0 Å². The standard InChI is InChI=1S/C30H53B3N9O8/c1-5-27(47)39(19-23(3)43)15-11-37-25(45)20-40(28(48)6-2)14-10-35-7-8-36-24(44)22-42(30(50)18-33-32)16-12-38-26(46)21-41(13-9-34-4)29(49)17-31/h34-35H,5-22H2,1-4H3,(H,36,44)(H,37,45)(H,38,46). The van der Waals surface area contributed by atoms with Crippen LogP contribution >= 0.6 is 0 Å². The second-order valence-corrected chi connectivity index (χ2v) is 11.2. The number of nitrogens with zero attached hydrogens (tertiary/aromatic N) is 4. The molecule has 0 heterocycles. The summed E-state index contributed by atoms with van der Waals surface area (Å²) in [6.45, 7) is 6.39. The van der Waals surface area contributed by atoms with E-state index in [1.54, 1.807) is 20.9 Å². The van der Waals surface area contributed by atoms with E-state index in [-0.39, 0.29) is 114 Å². The van der Waals surface area contributed by atoms with E-state index in [2.05, 4.69) is 26.6 Å². The van der Waals surface area contributed by atoms with Crippen molar-refractivity contribution < 1.29 is 38.4 Å². The fraction of sp³-hybridized carbons (Fsp3) is 0.733. The molecule has 0 aromatic rings. The highest BCUT2D eigenvalue weighted by Gasteiger charge is 2.19. The fourth-order valence-corrected chi connectivity index (χ4v) is 4.47. The molecule has 275 valence electrons. The number of carbonyl (C=O) groups excluding carboxylic acids is 8. The lowest BCUT2D eigenvalue weighted by Crippen LogP contribution is -2.47. The van der Waals surface area contributed by atoms with Gasteiger partial charge in [0.05, 0.1) is 41.2 Å². The van der Waals surface area contributed by atoms with Gasteiger partial charge in [-0.25, -0.2) is 0 Å². The highest BCUT2D eigenvalue weighted by molar-refractivity contribution is 6.90. The molecule has 20 heteroatoms. The highest BCUT2D eigenvalue weighted by atomic mass is 16.2. The van der Waals surface area contributed by atoms with Gasteiger partial charge in [0, 0.05) is 86.0 Å². The van der Waals surface area contributed by atoms with Gasteiger partial charge < -0.3 is 46.2 Å². The molecule has 0 aromatic carbocycles. The van der Waals surface area contributed by atoms with Gasteiger partial charge in [0.25, 0.3) is 0 Å². The summed E-state index contributed by atoms with van der Waals surface area (Å²) < 4.78 is 0. The largest absolute Gasteiger partial charge is 0.353 e. The van der Waals surface area contributed by atoms with Crippen LogP contribution in [-0.4, -0.2) is 188 Å². The summed E-state index contributed by atoms with van der Waals surface area (Å²) >= 11 is 0.